The van der Waals surface area contributed by atoms with Crippen molar-refractivity contribution in [2.45, 2.75) is 64.8 Å². The van der Waals surface area contributed by atoms with E-state index in [9.17, 15) is 0 Å². The summed E-state index contributed by atoms with van der Waals surface area (Å²) in [7, 11) is 0. The van der Waals surface area contributed by atoms with Gasteiger partial charge < -0.3 is 5.32 Å². The van der Waals surface area contributed by atoms with Crippen molar-refractivity contribution in [3.63, 3.8) is 0 Å². The van der Waals surface area contributed by atoms with Gasteiger partial charge in [-0.05, 0) is 102 Å². The Morgan fingerprint density at radius 2 is 2.06 bits per heavy atom. The molecule has 2 aromatic rings. The summed E-state index contributed by atoms with van der Waals surface area (Å²) in [6.07, 6.45) is 18.2. The maximum atomic E-state index is 4.62. The first-order valence-corrected chi connectivity index (χ1v) is 13.2. The van der Waals surface area contributed by atoms with Crippen LogP contribution in [0, 0.1) is 39.9 Å². The molecule has 0 aliphatic heterocycles. The first-order chi connectivity index (χ1) is 15.1. The number of nitrogens with zero attached hydrogens (tertiary/aromatic N) is 2. The van der Waals surface area contributed by atoms with Crippen molar-refractivity contribution in [2.24, 2.45) is 39.9 Å². The molecule has 7 rings (SSSR count). The van der Waals surface area contributed by atoms with E-state index in [2.05, 4.69) is 58.9 Å². The van der Waals surface area contributed by atoms with Crippen LogP contribution in [0.3, 0.4) is 0 Å². The number of rotatable bonds is 3. The Hall–Kier alpha value is -1.68. The molecule has 5 aliphatic rings. The molecule has 1 spiro atoms. The summed E-state index contributed by atoms with van der Waals surface area (Å²) in [5, 5.41) is 7.24. The minimum Gasteiger partial charge on any atom is -0.358 e. The molecule has 162 valence electrons. The lowest BCUT2D eigenvalue weighted by molar-refractivity contribution is -0.0878. The lowest BCUT2D eigenvalue weighted by Gasteiger charge is -2.61. The molecule has 5 aliphatic carbocycles. The fourth-order valence-electron chi connectivity index (χ4n) is 9.53. The van der Waals surface area contributed by atoms with E-state index >= 15 is 0 Å². The molecule has 0 radical (unpaired) electrons. The number of aromatic nitrogens is 2. The Morgan fingerprint density at radius 1 is 1.13 bits per heavy atom. The highest BCUT2D eigenvalue weighted by atomic mass is 32.1. The zero-order valence-corrected chi connectivity index (χ0v) is 19.5. The van der Waals surface area contributed by atoms with Crippen LogP contribution >= 0.6 is 11.3 Å². The fraction of sp³-hybridized carbons (Fsp3) is 0.630. The number of pyridine rings is 1. The van der Waals surface area contributed by atoms with E-state index in [1.165, 1.54) is 50.5 Å². The van der Waals surface area contributed by atoms with Crippen molar-refractivity contribution < 1.29 is 0 Å². The number of hydrogen-bond acceptors (Lipinski definition) is 4. The number of allylic oxidation sites excluding steroid dienone is 2. The van der Waals surface area contributed by atoms with Crippen molar-refractivity contribution in [2.75, 3.05) is 5.32 Å². The quantitative estimate of drug-likeness (QED) is 0.590. The van der Waals surface area contributed by atoms with Gasteiger partial charge in [-0.1, -0.05) is 26.0 Å². The number of thiazole rings is 1. The first-order valence-electron chi connectivity index (χ1n) is 12.3. The summed E-state index contributed by atoms with van der Waals surface area (Å²) in [4.78, 5) is 9.07. The van der Waals surface area contributed by atoms with Gasteiger partial charge in [-0.15, -0.1) is 11.3 Å². The van der Waals surface area contributed by atoms with E-state index in [1.807, 2.05) is 12.4 Å². The molecule has 0 bridgehead atoms. The highest BCUT2D eigenvalue weighted by molar-refractivity contribution is 7.13. The van der Waals surface area contributed by atoms with Crippen molar-refractivity contribution in [1.29, 1.82) is 0 Å². The third kappa shape index (κ3) is 2.30. The predicted octanol–water partition coefficient (Wildman–Crippen LogP) is 6.66. The van der Waals surface area contributed by atoms with E-state index < -0.39 is 0 Å². The molecular weight excluding hydrogens is 398 g/mol. The van der Waals surface area contributed by atoms with Crippen LogP contribution in [-0.2, 0) is 0 Å². The second-order valence-electron chi connectivity index (χ2n) is 11.6. The van der Waals surface area contributed by atoms with E-state index in [1.54, 1.807) is 16.9 Å². The van der Waals surface area contributed by atoms with Gasteiger partial charge >= 0.3 is 0 Å². The fourth-order valence-corrected chi connectivity index (χ4v) is 10.1. The number of hydrogen-bond donors (Lipinski definition) is 1. The lowest BCUT2D eigenvalue weighted by atomic mass is 9.45. The smallest absolute Gasteiger partial charge is 0.182 e. The molecule has 4 fully saturated rings. The Kier molecular flexibility index (Phi) is 3.78. The van der Waals surface area contributed by atoms with Gasteiger partial charge in [0, 0.05) is 30.0 Å². The summed E-state index contributed by atoms with van der Waals surface area (Å²) >= 11 is 1.77. The Balaban J connectivity index is 1.26. The minimum atomic E-state index is 0.304. The van der Waals surface area contributed by atoms with Crippen LogP contribution in [0.1, 0.15) is 64.4 Å². The molecule has 2 heterocycles. The Labute approximate surface area is 189 Å². The zero-order chi connectivity index (χ0) is 20.8. The van der Waals surface area contributed by atoms with Gasteiger partial charge in [0.25, 0.3) is 0 Å². The van der Waals surface area contributed by atoms with Gasteiger partial charge in [0.05, 0.1) is 0 Å². The summed E-state index contributed by atoms with van der Waals surface area (Å²) in [5.74, 6) is 3.44. The average Bonchev–Trinajstić information content (AvgIpc) is 3.06. The molecular formula is C27H33N3S. The van der Waals surface area contributed by atoms with Crippen molar-refractivity contribution >= 4 is 22.0 Å². The second kappa shape index (κ2) is 6.21. The Bertz CT molecular complexity index is 1030. The maximum Gasteiger partial charge on any atom is 0.182 e. The summed E-state index contributed by atoms with van der Waals surface area (Å²) in [6, 6.07) is 4.97. The molecule has 3 nitrogen and oxygen atoms in total. The molecule has 8 atom stereocenters. The van der Waals surface area contributed by atoms with Crippen LogP contribution < -0.4 is 5.32 Å². The summed E-state index contributed by atoms with van der Waals surface area (Å²) in [6.45, 7) is 5.27. The predicted molar refractivity (Wildman–Crippen MR) is 127 cm³/mol. The molecule has 6 unspecified atom stereocenters. The van der Waals surface area contributed by atoms with Gasteiger partial charge in [-0.25, -0.2) is 4.98 Å². The van der Waals surface area contributed by atoms with Gasteiger partial charge in [-0.3, -0.25) is 4.98 Å². The third-order valence-corrected chi connectivity index (χ3v) is 11.6. The largest absolute Gasteiger partial charge is 0.358 e. The van der Waals surface area contributed by atoms with Crippen molar-refractivity contribution in [3.05, 3.63) is 47.7 Å². The monoisotopic (exact) mass is 431 g/mol. The molecule has 4 heteroatoms. The van der Waals surface area contributed by atoms with Crippen LogP contribution in [0.25, 0.3) is 5.57 Å². The van der Waals surface area contributed by atoms with E-state index in [0.717, 1.165) is 28.8 Å². The molecule has 2 aromatic heterocycles. The SMILES string of the molecule is C[C@]12CCC3C(CC(Nc4nccs4)C45CC4CC[C@]35C)C1CC=C2c1cccnc1. The Morgan fingerprint density at radius 3 is 2.84 bits per heavy atom. The molecule has 1 N–H and O–H groups in total. The topological polar surface area (TPSA) is 37.8 Å². The number of nitrogens with one attached hydrogen (secondary N) is 1. The highest BCUT2D eigenvalue weighted by Crippen LogP contribution is 2.81. The third-order valence-electron chi connectivity index (χ3n) is 10.9. The number of anilines is 1. The van der Waals surface area contributed by atoms with Gasteiger partial charge in [0.15, 0.2) is 5.13 Å². The van der Waals surface area contributed by atoms with Crippen LogP contribution in [0.2, 0.25) is 0 Å². The lowest BCUT2D eigenvalue weighted by Crippen LogP contribution is -2.57. The van der Waals surface area contributed by atoms with Crippen LogP contribution in [0.5, 0.6) is 0 Å². The van der Waals surface area contributed by atoms with E-state index in [-0.39, 0.29) is 0 Å². The summed E-state index contributed by atoms with van der Waals surface area (Å²) < 4.78 is 0. The summed E-state index contributed by atoms with van der Waals surface area (Å²) in [5.41, 5.74) is 4.28. The highest BCUT2D eigenvalue weighted by Gasteiger charge is 2.77. The molecule has 0 amide bonds. The molecule has 31 heavy (non-hydrogen) atoms. The minimum absolute atomic E-state index is 0.304. The van der Waals surface area contributed by atoms with Crippen LogP contribution in [0.15, 0.2) is 42.2 Å². The first kappa shape index (κ1) is 18.8. The average molecular weight is 432 g/mol. The molecule has 0 saturated heterocycles. The second-order valence-corrected chi connectivity index (χ2v) is 12.5. The van der Waals surface area contributed by atoms with Crippen LogP contribution in [-0.4, -0.2) is 16.0 Å². The van der Waals surface area contributed by atoms with Crippen LogP contribution in [0.4, 0.5) is 5.13 Å². The number of fused-ring (bicyclic) bond motifs is 4. The molecule has 0 aromatic carbocycles. The van der Waals surface area contributed by atoms with E-state index in [4.69, 9.17) is 0 Å². The van der Waals surface area contributed by atoms with E-state index in [0.29, 0.717) is 22.3 Å². The van der Waals surface area contributed by atoms with Crippen molar-refractivity contribution in [1.82, 2.24) is 9.97 Å². The standard InChI is InChI=1S/C27H33N3S/c1-25-9-8-22-19(21(25)6-5-20(25)17-4-3-11-28-16-17)14-23(30-24-29-12-13-31-24)27-15-18(27)7-10-26(22,27)2/h3-5,11-13,16,18-19,21-23H,6-10,14-15H2,1-2H3,(H,29,30)/t18?,19?,21?,22?,23?,25-,26-,27?/m1/s1. The molecule has 4 saturated carbocycles. The normalized spacial score (nSPS) is 47.0. The van der Waals surface area contributed by atoms with Crippen molar-refractivity contribution in [3.8, 4) is 0 Å². The maximum absolute atomic E-state index is 4.62. The zero-order valence-electron chi connectivity index (χ0n) is 18.7. The van der Waals surface area contributed by atoms with Gasteiger partial charge in [-0.2, -0.15) is 0 Å². The van der Waals surface area contributed by atoms with Gasteiger partial charge in [0.2, 0.25) is 0 Å². The van der Waals surface area contributed by atoms with Gasteiger partial charge in [0.1, 0.15) is 0 Å².